The van der Waals surface area contributed by atoms with Crippen molar-refractivity contribution in [3.63, 3.8) is 0 Å². The van der Waals surface area contributed by atoms with Gasteiger partial charge in [-0.1, -0.05) is 20.8 Å². The van der Waals surface area contributed by atoms with Gasteiger partial charge in [-0.3, -0.25) is 4.79 Å². The monoisotopic (exact) mass is 341 g/mol. The van der Waals surface area contributed by atoms with Gasteiger partial charge in [0.15, 0.2) is 0 Å². The van der Waals surface area contributed by atoms with E-state index < -0.39 is 40.2 Å². The van der Waals surface area contributed by atoms with Crippen molar-refractivity contribution < 1.29 is 28.2 Å². The summed E-state index contributed by atoms with van der Waals surface area (Å²) in [6.45, 7) is 7.81. The van der Waals surface area contributed by atoms with Crippen LogP contribution in [0, 0.1) is 17.0 Å². The summed E-state index contributed by atoms with van der Waals surface area (Å²) in [5, 5.41) is 9.70. The van der Waals surface area contributed by atoms with E-state index in [1.807, 2.05) is 0 Å². The maximum atomic E-state index is 13.8. The highest BCUT2D eigenvalue weighted by Crippen LogP contribution is 2.49. The minimum atomic E-state index is -1.56. The van der Waals surface area contributed by atoms with E-state index in [4.69, 9.17) is 4.74 Å². The highest BCUT2D eigenvalue weighted by molar-refractivity contribution is 5.97. The number of rotatable bonds is 1. The molecule has 0 aromatic heterocycles. The number of hydrogen-bond donors (Lipinski definition) is 1. The Hall–Kier alpha value is -2.02. The Bertz CT molecular complexity index is 676. The Kier molecular flexibility index (Phi) is 4.21. The lowest BCUT2D eigenvalue weighted by molar-refractivity contribution is -0.196. The van der Waals surface area contributed by atoms with E-state index in [2.05, 4.69) is 0 Å². The molecule has 1 N–H and O–H groups in total. The number of imide groups is 1. The van der Waals surface area contributed by atoms with Crippen molar-refractivity contribution in [3.8, 4) is 0 Å². The van der Waals surface area contributed by atoms with Crippen LogP contribution >= 0.6 is 0 Å². The second-order valence-corrected chi connectivity index (χ2v) is 7.49. The van der Waals surface area contributed by atoms with E-state index in [0.717, 1.165) is 12.1 Å². The molecule has 0 saturated carbocycles. The van der Waals surface area contributed by atoms with Gasteiger partial charge in [0.05, 0.1) is 6.61 Å². The zero-order valence-corrected chi connectivity index (χ0v) is 14.3. The summed E-state index contributed by atoms with van der Waals surface area (Å²) in [4.78, 5) is 25.3. The molecule has 1 saturated heterocycles. The van der Waals surface area contributed by atoms with Crippen molar-refractivity contribution in [2.75, 3.05) is 6.61 Å². The highest BCUT2D eigenvalue weighted by Gasteiger charge is 2.60. The standard InChI is InChI=1S/C17H21F2NO4/c1-15(2,3)17(10-6-11(18)8-12(19)7-10)9-24-16(4,5)13(21)20(17)14(22)23/h6-8H,9H2,1-5H3,(H,22,23)/t17-/m0/s1. The fourth-order valence-corrected chi connectivity index (χ4v) is 3.09. The first-order chi connectivity index (χ1) is 10.8. The van der Waals surface area contributed by atoms with Crippen molar-refractivity contribution in [2.24, 2.45) is 5.41 Å². The number of carboxylic acid groups (broad SMARTS) is 1. The number of nitrogens with zero attached hydrogens (tertiary/aromatic N) is 1. The second kappa shape index (κ2) is 5.51. The Morgan fingerprint density at radius 1 is 1.21 bits per heavy atom. The van der Waals surface area contributed by atoms with Gasteiger partial charge in [0, 0.05) is 6.07 Å². The molecule has 0 bridgehead atoms. The van der Waals surface area contributed by atoms with E-state index in [1.165, 1.54) is 13.8 Å². The van der Waals surface area contributed by atoms with Gasteiger partial charge in [0.25, 0.3) is 5.91 Å². The molecule has 1 aliphatic rings. The van der Waals surface area contributed by atoms with Gasteiger partial charge in [0.1, 0.15) is 22.8 Å². The predicted octanol–water partition coefficient (Wildman–Crippen LogP) is 3.52. The first-order valence-corrected chi connectivity index (χ1v) is 7.51. The Balaban J connectivity index is 2.80. The molecule has 2 amide bonds. The van der Waals surface area contributed by atoms with Crippen molar-refractivity contribution >= 4 is 12.0 Å². The first-order valence-electron chi connectivity index (χ1n) is 7.51. The maximum Gasteiger partial charge on any atom is 0.415 e. The van der Waals surface area contributed by atoms with Crippen molar-refractivity contribution in [1.82, 2.24) is 4.90 Å². The molecule has 1 atom stereocenters. The summed E-state index contributed by atoms with van der Waals surface area (Å²) in [5.74, 6) is -2.48. The minimum Gasteiger partial charge on any atom is -0.465 e. The molecule has 1 fully saturated rings. The number of hydrogen-bond acceptors (Lipinski definition) is 3. The smallest absolute Gasteiger partial charge is 0.415 e. The van der Waals surface area contributed by atoms with Crippen LogP contribution in [-0.4, -0.2) is 34.2 Å². The van der Waals surface area contributed by atoms with Crippen LogP contribution in [0.5, 0.6) is 0 Å². The van der Waals surface area contributed by atoms with E-state index in [9.17, 15) is 23.5 Å². The van der Waals surface area contributed by atoms with Crippen LogP contribution in [0.15, 0.2) is 18.2 Å². The summed E-state index contributed by atoms with van der Waals surface area (Å²) < 4.78 is 33.2. The van der Waals surface area contributed by atoms with Crippen LogP contribution in [0.4, 0.5) is 13.6 Å². The Morgan fingerprint density at radius 2 is 1.71 bits per heavy atom. The highest BCUT2D eigenvalue weighted by atomic mass is 19.1. The lowest BCUT2D eigenvalue weighted by Gasteiger charge is -2.55. The molecule has 0 unspecified atom stereocenters. The molecule has 24 heavy (non-hydrogen) atoms. The maximum absolute atomic E-state index is 13.8. The van der Waals surface area contributed by atoms with Gasteiger partial charge in [-0.25, -0.2) is 18.5 Å². The average molecular weight is 341 g/mol. The van der Waals surface area contributed by atoms with Crippen molar-refractivity contribution in [2.45, 2.75) is 45.8 Å². The number of morpholine rings is 1. The fraction of sp³-hybridized carbons (Fsp3) is 0.529. The number of ether oxygens (including phenoxy) is 1. The molecule has 1 heterocycles. The summed E-state index contributed by atoms with van der Waals surface area (Å²) in [6, 6.07) is 2.78. The molecule has 1 aliphatic heterocycles. The molecular weight excluding hydrogens is 320 g/mol. The van der Waals surface area contributed by atoms with Gasteiger partial charge in [0.2, 0.25) is 0 Å². The van der Waals surface area contributed by atoms with Gasteiger partial charge in [-0.05, 0) is 37.0 Å². The molecule has 1 aromatic carbocycles. The zero-order valence-electron chi connectivity index (χ0n) is 14.3. The largest absolute Gasteiger partial charge is 0.465 e. The van der Waals surface area contributed by atoms with Gasteiger partial charge >= 0.3 is 6.09 Å². The van der Waals surface area contributed by atoms with Crippen LogP contribution in [0.1, 0.15) is 40.2 Å². The van der Waals surface area contributed by atoms with E-state index in [-0.39, 0.29) is 12.2 Å². The Labute approximate surface area is 139 Å². The lowest BCUT2D eigenvalue weighted by Crippen LogP contribution is -2.69. The first kappa shape index (κ1) is 18.3. The average Bonchev–Trinajstić information content (AvgIpc) is 2.38. The number of benzene rings is 1. The van der Waals surface area contributed by atoms with Crippen molar-refractivity contribution in [3.05, 3.63) is 35.4 Å². The number of amides is 2. The number of carbonyl (C=O) groups is 2. The summed E-state index contributed by atoms with van der Waals surface area (Å²) in [6.07, 6.45) is -1.49. The molecule has 5 nitrogen and oxygen atoms in total. The third kappa shape index (κ3) is 2.66. The Morgan fingerprint density at radius 3 is 2.12 bits per heavy atom. The minimum absolute atomic E-state index is 0.0405. The molecule has 7 heteroatoms. The van der Waals surface area contributed by atoms with Crippen LogP contribution in [0.2, 0.25) is 0 Å². The van der Waals surface area contributed by atoms with Crippen LogP contribution in [-0.2, 0) is 15.1 Å². The van der Waals surface area contributed by atoms with E-state index >= 15 is 0 Å². The summed E-state index contributed by atoms with van der Waals surface area (Å²) in [7, 11) is 0. The topological polar surface area (TPSA) is 66.8 Å². The molecular formula is C17H21F2NO4. The third-order valence-corrected chi connectivity index (χ3v) is 4.51. The third-order valence-electron chi connectivity index (χ3n) is 4.51. The lowest BCUT2D eigenvalue weighted by atomic mass is 9.67. The number of carbonyl (C=O) groups excluding carboxylic acids is 1. The van der Waals surface area contributed by atoms with E-state index in [1.54, 1.807) is 20.8 Å². The SMILES string of the molecule is CC1(C)OC[C@](c2cc(F)cc(F)c2)(C(C)(C)C)N(C(=O)O)C1=O. The van der Waals surface area contributed by atoms with Gasteiger partial charge in [-0.2, -0.15) is 0 Å². The quantitative estimate of drug-likeness (QED) is 0.849. The van der Waals surface area contributed by atoms with Gasteiger partial charge in [-0.15, -0.1) is 0 Å². The fourth-order valence-electron chi connectivity index (χ4n) is 3.09. The molecule has 132 valence electrons. The van der Waals surface area contributed by atoms with Gasteiger partial charge < -0.3 is 9.84 Å². The predicted molar refractivity (Wildman–Crippen MR) is 82.4 cm³/mol. The van der Waals surface area contributed by atoms with Crippen LogP contribution in [0.25, 0.3) is 0 Å². The van der Waals surface area contributed by atoms with Crippen LogP contribution < -0.4 is 0 Å². The summed E-state index contributed by atoms with van der Waals surface area (Å²) in [5.41, 5.74) is -3.75. The normalized spacial score (nSPS) is 24.1. The molecule has 2 rings (SSSR count). The summed E-state index contributed by atoms with van der Waals surface area (Å²) >= 11 is 0. The second-order valence-electron chi connectivity index (χ2n) is 7.49. The molecule has 0 radical (unpaired) electrons. The van der Waals surface area contributed by atoms with Crippen molar-refractivity contribution in [1.29, 1.82) is 0 Å². The van der Waals surface area contributed by atoms with E-state index in [0.29, 0.717) is 11.0 Å². The number of halogens is 2. The molecule has 0 spiro atoms. The molecule has 1 aromatic rings. The van der Waals surface area contributed by atoms with Crippen LogP contribution in [0.3, 0.4) is 0 Å². The molecule has 0 aliphatic carbocycles. The zero-order chi connectivity index (χ0) is 18.5.